The quantitative estimate of drug-likeness (QED) is 0.782. The highest BCUT2D eigenvalue weighted by Crippen LogP contribution is 2.20. The van der Waals surface area contributed by atoms with E-state index in [1.54, 1.807) is 9.80 Å². The molecule has 0 aromatic heterocycles. The fourth-order valence-electron chi connectivity index (χ4n) is 2.88. The molecule has 0 radical (unpaired) electrons. The predicted octanol–water partition coefficient (Wildman–Crippen LogP) is 2.00. The van der Waals surface area contributed by atoms with Gasteiger partial charge in [-0.05, 0) is 38.0 Å². The first-order valence-corrected chi connectivity index (χ1v) is 8.68. The number of hydrogen-bond acceptors (Lipinski definition) is 3. The Bertz CT molecular complexity index is 371. The smallest absolute Gasteiger partial charge is 0.245 e. The molecule has 1 aliphatic heterocycles. The Hall–Kier alpha value is -1.10. The molecule has 1 fully saturated rings. The van der Waals surface area contributed by atoms with Gasteiger partial charge in [0, 0.05) is 32.6 Å². The Morgan fingerprint density at radius 2 is 2.00 bits per heavy atom. The third kappa shape index (κ3) is 5.27. The largest absolute Gasteiger partial charge is 0.344 e. The standard InChI is InChI=1S/C17H33N3O2/c1-5-8-16(21)20-11-7-6-9-15(20)17(22)19(4)12-10-14(18)13(2)3/h13-15H,5-12,18H2,1-4H3. The molecule has 2 amide bonds. The van der Waals surface area contributed by atoms with Gasteiger partial charge in [0.05, 0.1) is 0 Å². The number of nitrogens with two attached hydrogens (primary N) is 1. The highest BCUT2D eigenvalue weighted by molar-refractivity contribution is 5.87. The summed E-state index contributed by atoms with van der Waals surface area (Å²) >= 11 is 0. The number of likely N-dealkylation sites (N-methyl/N-ethyl adjacent to an activating group) is 1. The fraction of sp³-hybridized carbons (Fsp3) is 0.882. The van der Waals surface area contributed by atoms with Crippen LogP contribution in [-0.2, 0) is 9.59 Å². The van der Waals surface area contributed by atoms with Crippen LogP contribution < -0.4 is 5.73 Å². The molecule has 1 aliphatic rings. The molecule has 0 aromatic rings. The van der Waals surface area contributed by atoms with E-state index in [-0.39, 0.29) is 23.9 Å². The average molecular weight is 311 g/mol. The van der Waals surface area contributed by atoms with Crippen molar-refractivity contribution in [1.82, 2.24) is 9.80 Å². The first-order chi connectivity index (χ1) is 10.4. The van der Waals surface area contributed by atoms with E-state index in [1.165, 1.54) is 0 Å². The molecule has 1 saturated heterocycles. The Kier molecular flexibility index (Phi) is 7.87. The molecule has 0 bridgehead atoms. The maximum atomic E-state index is 12.7. The van der Waals surface area contributed by atoms with E-state index < -0.39 is 0 Å². The molecular formula is C17H33N3O2. The number of amides is 2. The summed E-state index contributed by atoms with van der Waals surface area (Å²) < 4.78 is 0. The van der Waals surface area contributed by atoms with E-state index in [9.17, 15) is 9.59 Å². The predicted molar refractivity (Wildman–Crippen MR) is 89.3 cm³/mol. The summed E-state index contributed by atoms with van der Waals surface area (Å²) in [5.74, 6) is 0.605. The van der Waals surface area contributed by atoms with Crippen LogP contribution in [0, 0.1) is 5.92 Å². The molecule has 2 N–H and O–H groups in total. The summed E-state index contributed by atoms with van der Waals surface area (Å²) in [6.07, 6.45) is 4.97. The van der Waals surface area contributed by atoms with Gasteiger partial charge in [-0.2, -0.15) is 0 Å². The lowest BCUT2D eigenvalue weighted by Crippen LogP contribution is -2.52. The van der Waals surface area contributed by atoms with Crippen LogP contribution in [0.25, 0.3) is 0 Å². The number of carbonyl (C=O) groups is 2. The SMILES string of the molecule is CCCC(=O)N1CCCCC1C(=O)N(C)CCC(N)C(C)C. The van der Waals surface area contributed by atoms with Crippen molar-refractivity contribution in [3.63, 3.8) is 0 Å². The third-order valence-corrected chi connectivity index (χ3v) is 4.60. The molecule has 128 valence electrons. The van der Waals surface area contributed by atoms with Crippen molar-refractivity contribution in [2.24, 2.45) is 11.7 Å². The molecule has 2 atom stereocenters. The normalized spacial score (nSPS) is 20.1. The minimum absolute atomic E-state index is 0.0695. The van der Waals surface area contributed by atoms with Crippen molar-refractivity contribution in [2.75, 3.05) is 20.1 Å². The van der Waals surface area contributed by atoms with E-state index in [1.807, 2.05) is 14.0 Å². The van der Waals surface area contributed by atoms with Crippen molar-refractivity contribution in [2.45, 2.75) is 71.4 Å². The Balaban J connectivity index is 2.61. The number of nitrogens with zero attached hydrogens (tertiary/aromatic N) is 2. The summed E-state index contributed by atoms with van der Waals surface area (Å²) in [5, 5.41) is 0. The van der Waals surface area contributed by atoms with Gasteiger partial charge < -0.3 is 15.5 Å². The first-order valence-electron chi connectivity index (χ1n) is 8.68. The molecule has 0 aromatic carbocycles. The van der Waals surface area contributed by atoms with E-state index in [0.717, 1.165) is 32.1 Å². The zero-order valence-electron chi connectivity index (χ0n) is 14.7. The van der Waals surface area contributed by atoms with Gasteiger partial charge in [0.15, 0.2) is 0 Å². The van der Waals surface area contributed by atoms with Crippen LogP contribution >= 0.6 is 0 Å². The van der Waals surface area contributed by atoms with Crippen molar-refractivity contribution in [3.8, 4) is 0 Å². The Labute approximate surface area is 135 Å². The second-order valence-electron chi connectivity index (χ2n) is 6.81. The lowest BCUT2D eigenvalue weighted by Gasteiger charge is -2.37. The third-order valence-electron chi connectivity index (χ3n) is 4.60. The second kappa shape index (κ2) is 9.13. The van der Waals surface area contributed by atoms with Crippen LogP contribution in [-0.4, -0.2) is 53.8 Å². The summed E-state index contributed by atoms with van der Waals surface area (Å²) in [5.41, 5.74) is 6.06. The van der Waals surface area contributed by atoms with Crippen LogP contribution in [0.2, 0.25) is 0 Å². The van der Waals surface area contributed by atoms with E-state index >= 15 is 0 Å². The summed E-state index contributed by atoms with van der Waals surface area (Å²) in [7, 11) is 1.83. The Morgan fingerprint density at radius 3 is 2.59 bits per heavy atom. The minimum Gasteiger partial charge on any atom is -0.344 e. The molecule has 2 unspecified atom stereocenters. The van der Waals surface area contributed by atoms with E-state index in [0.29, 0.717) is 25.4 Å². The van der Waals surface area contributed by atoms with Gasteiger partial charge in [0.2, 0.25) is 11.8 Å². The zero-order valence-corrected chi connectivity index (χ0v) is 14.7. The van der Waals surface area contributed by atoms with Crippen LogP contribution in [0.15, 0.2) is 0 Å². The second-order valence-corrected chi connectivity index (χ2v) is 6.81. The van der Waals surface area contributed by atoms with Gasteiger partial charge in [0.1, 0.15) is 6.04 Å². The number of carbonyl (C=O) groups excluding carboxylic acids is 2. The van der Waals surface area contributed by atoms with Crippen molar-refractivity contribution in [3.05, 3.63) is 0 Å². The summed E-state index contributed by atoms with van der Waals surface area (Å²) in [4.78, 5) is 28.5. The number of likely N-dealkylation sites (tertiary alicyclic amines) is 1. The summed E-state index contributed by atoms with van der Waals surface area (Å²) in [6.45, 7) is 7.56. The maximum Gasteiger partial charge on any atom is 0.245 e. The van der Waals surface area contributed by atoms with Crippen LogP contribution in [0.4, 0.5) is 0 Å². The number of rotatable bonds is 7. The first kappa shape index (κ1) is 18.9. The number of piperidine rings is 1. The Morgan fingerprint density at radius 1 is 1.32 bits per heavy atom. The number of hydrogen-bond donors (Lipinski definition) is 1. The molecular weight excluding hydrogens is 278 g/mol. The van der Waals surface area contributed by atoms with Gasteiger partial charge in [-0.1, -0.05) is 20.8 Å². The maximum absolute atomic E-state index is 12.7. The molecule has 1 heterocycles. The minimum atomic E-state index is -0.270. The van der Waals surface area contributed by atoms with Gasteiger partial charge >= 0.3 is 0 Å². The van der Waals surface area contributed by atoms with E-state index in [2.05, 4.69) is 13.8 Å². The monoisotopic (exact) mass is 311 g/mol. The van der Waals surface area contributed by atoms with Gasteiger partial charge in [-0.15, -0.1) is 0 Å². The van der Waals surface area contributed by atoms with Gasteiger partial charge in [-0.25, -0.2) is 0 Å². The molecule has 0 spiro atoms. The van der Waals surface area contributed by atoms with Crippen molar-refractivity contribution < 1.29 is 9.59 Å². The molecule has 5 heteroatoms. The summed E-state index contributed by atoms with van der Waals surface area (Å²) in [6, 6.07) is -0.160. The van der Waals surface area contributed by atoms with E-state index in [4.69, 9.17) is 5.73 Å². The topological polar surface area (TPSA) is 66.6 Å². The molecule has 0 aliphatic carbocycles. The average Bonchev–Trinajstić information content (AvgIpc) is 2.51. The zero-order chi connectivity index (χ0) is 16.7. The van der Waals surface area contributed by atoms with Crippen LogP contribution in [0.3, 0.4) is 0 Å². The molecule has 0 saturated carbocycles. The molecule has 1 rings (SSSR count). The highest BCUT2D eigenvalue weighted by Gasteiger charge is 2.33. The van der Waals surface area contributed by atoms with Gasteiger partial charge in [0.25, 0.3) is 0 Å². The van der Waals surface area contributed by atoms with Crippen molar-refractivity contribution >= 4 is 11.8 Å². The van der Waals surface area contributed by atoms with Crippen LogP contribution in [0.1, 0.15) is 59.3 Å². The molecule has 5 nitrogen and oxygen atoms in total. The van der Waals surface area contributed by atoms with Gasteiger partial charge in [-0.3, -0.25) is 9.59 Å². The fourth-order valence-corrected chi connectivity index (χ4v) is 2.88. The molecule has 22 heavy (non-hydrogen) atoms. The van der Waals surface area contributed by atoms with Crippen LogP contribution in [0.5, 0.6) is 0 Å². The lowest BCUT2D eigenvalue weighted by molar-refractivity contribution is -0.147. The lowest BCUT2D eigenvalue weighted by atomic mass is 9.99. The highest BCUT2D eigenvalue weighted by atomic mass is 16.2. The van der Waals surface area contributed by atoms with Crippen molar-refractivity contribution in [1.29, 1.82) is 0 Å².